The van der Waals surface area contributed by atoms with E-state index in [1.165, 1.54) is 45.2 Å². The lowest BCUT2D eigenvalue weighted by Crippen LogP contribution is -2.27. The SMILES string of the molecule is CCCNCCC(C)C1CC(C)CC(C)C1. The molecule has 1 heteroatoms. The van der Waals surface area contributed by atoms with Crippen molar-refractivity contribution in [3.8, 4) is 0 Å². The minimum Gasteiger partial charge on any atom is -0.317 e. The second kappa shape index (κ2) is 7.32. The number of hydrogen-bond donors (Lipinski definition) is 1. The summed E-state index contributed by atoms with van der Waals surface area (Å²) in [5.74, 6) is 3.82. The Hall–Kier alpha value is -0.0400. The van der Waals surface area contributed by atoms with Crippen LogP contribution in [0.1, 0.15) is 59.8 Å². The van der Waals surface area contributed by atoms with Gasteiger partial charge in [0, 0.05) is 0 Å². The van der Waals surface area contributed by atoms with Gasteiger partial charge in [0.2, 0.25) is 0 Å². The Labute approximate surface area is 102 Å². The summed E-state index contributed by atoms with van der Waals surface area (Å²) in [6.45, 7) is 12.0. The zero-order valence-corrected chi connectivity index (χ0v) is 11.8. The van der Waals surface area contributed by atoms with E-state index in [1.54, 1.807) is 0 Å². The molecular weight excluding hydrogens is 194 g/mol. The van der Waals surface area contributed by atoms with E-state index in [9.17, 15) is 0 Å². The molecule has 16 heavy (non-hydrogen) atoms. The monoisotopic (exact) mass is 225 g/mol. The highest BCUT2D eigenvalue weighted by molar-refractivity contribution is 4.78. The van der Waals surface area contributed by atoms with Gasteiger partial charge in [0.1, 0.15) is 0 Å². The Morgan fingerprint density at radius 3 is 2.25 bits per heavy atom. The van der Waals surface area contributed by atoms with Gasteiger partial charge in [-0.05, 0) is 68.9 Å². The van der Waals surface area contributed by atoms with Crippen LogP contribution in [0.5, 0.6) is 0 Å². The third-order valence-corrected chi connectivity index (χ3v) is 4.22. The molecule has 3 atom stereocenters. The quantitative estimate of drug-likeness (QED) is 0.672. The van der Waals surface area contributed by atoms with Crippen LogP contribution in [-0.2, 0) is 0 Å². The van der Waals surface area contributed by atoms with E-state index in [0.29, 0.717) is 0 Å². The van der Waals surface area contributed by atoms with Gasteiger partial charge in [0.15, 0.2) is 0 Å². The van der Waals surface area contributed by atoms with E-state index in [4.69, 9.17) is 0 Å². The van der Waals surface area contributed by atoms with E-state index in [2.05, 4.69) is 33.0 Å². The smallest absolute Gasteiger partial charge is 0.00463 e. The van der Waals surface area contributed by atoms with Crippen LogP contribution in [0.3, 0.4) is 0 Å². The van der Waals surface area contributed by atoms with Crippen molar-refractivity contribution in [2.75, 3.05) is 13.1 Å². The molecule has 0 amide bonds. The summed E-state index contributed by atoms with van der Waals surface area (Å²) in [7, 11) is 0. The number of hydrogen-bond acceptors (Lipinski definition) is 1. The molecule has 0 bridgehead atoms. The third-order valence-electron chi connectivity index (χ3n) is 4.22. The standard InChI is InChI=1S/C15H31N/c1-5-7-16-8-6-14(4)15-10-12(2)9-13(3)11-15/h12-16H,5-11H2,1-4H3. The number of rotatable bonds is 6. The largest absolute Gasteiger partial charge is 0.317 e. The van der Waals surface area contributed by atoms with Gasteiger partial charge in [-0.15, -0.1) is 0 Å². The van der Waals surface area contributed by atoms with E-state index in [-0.39, 0.29) is 0 Å². The molecule has 0 aromatic heterocycles. The van der Waals surface area contributed by atoms with Gasteiger partial charge in [-0.3, -0.25) is 0 Å². The second-order valence-electron chi connectivity index (χ2n) is 6.19. The van der Waals surface area contributed by atoms with Gasteiger partial charge in [-0.2, -0.15) is 0 Å². The minimum absolute atomic E-state index is 0.912. The molecule has 1 saturated carbocycles. The molecule has 0 aromatic carbocycles. The second-order valence-corrected chi connectivity index (χ2v) is 6.19. The minimum atomic E-state index is 0.912. The van der Waals surface area contributed by atoms with E-state index >= 15 is 0 Å². The summed E-state index contributed by atoms with van der Waals surface area (Å²) < 4.78 is 0. The van der Waals surface area contributed by atoms with Crippen molar-refractivity contribution in [1.29, 1.82) is 0 Å². The lowest BCUT2D eigenvalue weighted by atomic mass is 9.71. The predicted molar refractivity (Wildman–Crippen MR) is 72.6 cm³/mol. The fourth-order valence-electron chi connectivity index (χ4n) is 3.34. The van der Waals surface area contributed by atoms with E-state index in [0.717, 1.165) is 23.7 Å². The first kappa shape index (κ1) is 14.0. The summed E-state index contributed by atoms with van der Waals surface area (Å²) in [5, 5.41) is 3.53. The van der Waals surface area contributed by atoms with Crippen LogP contribution in [0.4, 0.5) is 0 Å². The lowest BCUT2D eigenvalue weighted by molar-refractivity contribution is 0.163. The zero-order valence-electron chi connectivity index (χ0n) is 11.8. The van der Waals surface area contributed by atoms with Crippen LogP contribution in [0.15, 0.2) is 0 Å². The average Bonchev–Trinajstić information content (AvgIpc) is 2.22. The maximum atomic E-state index is 3.53. The van der Waals surface area contributed by atoms with Crippen molar-refractivity contribution in [2.24, 2.45) is 23.7 Å². The van der Waals surface area contributed by atoms with Crippen molar-refractivity contribution >= 4 is 0 Å². The van der Waals surface area contributed by atoms with Gasteiger partial charge < -0.3 is 5.32 Å². The van der Waals surface area contributed by atoms with E-state index in [1.807, 2.05) is 0 Å². The van der Waals surface area contributed by atoms with Gasteiger partial charge in [0.05, 0.1) is 0 Å². The molecular formula is C15H31N. The van der Waals surface area contributed by atoms with Crippen LogP contribution in [0.2, 0.25) is 0 Å². The lowest BCUT2D eigenvalue weighted by Gasteiger charge is -2.35. The van der Waals surface area contributed by atoms with Crippen LogP contribution in [0, 0.1) is 23.7 Å². The molecule has 0 saturated heterocycles. The van der Waals surface area contributed by atoms with E-state index < -0.39 is 0 Å². The van der Waals surface area contributed by atoms with Gasteiger partial charge in [-0.1, -0.05) is 27.7 Å². The highest BCUT2D eigenvalue weighted by Crippen LogP contribution is 2.37. The predicted octanol–water partition coefficient (Wildman–Crippen LogP) is 4.08. The highest BCUT2D eigenvalue weighted by atomic mass is 14.8. The van der Waals surface area contributed by atoms with Gasteiger partial charge in [-0.25, -0.2) is 0 Å². The summed E-state index contributed by atoms with van der Waals surface area (Å²) in [5.41, 5.74) is 0. The summed E-state index contributed by atoms with van der Waals surface area (Å²) in [6, 6.07) is 0. The fourth-order valence-corrected chi connectivity index (χ4v) is 3.34. The van der Waals surface area contributed by atoms with Crippen molar-refractivity contribution in [1.82, 2.24) is 5.32 Å². The van der Waals surface area contributed by atoms with Crippen LogP contribution in [-0.4, -0.2) is 13.1 Å². The van der Waals surface area contributed by atoms with Crippen LogP contribution < -0.4 is 5.32 Å². The summed E-state index contributed by atoms with van der Waals surface area (Å²) in [6.07, 6.45) is 7.02. The van der Waals surface area contributed by atoms with Crippen molar-refractivity contribution < 1.29 is 0 Å². The Bertz CT molecular complexity index is 168. The molecule has 1 N–H and O–H groups in total. The van der Waals surface area contributed by atoms with Gasteiger partial charge in [0.25, 0.3) is 0 Å². The maximum Gasteiger partial charge on any atom is -0.00463 e. The molecule has 1 aliphatic rings. The Morgan fingerprint density at radius 1 is 1.06 bits per heavy atom. The molecule has 0 aliphatic heterocycles. The average molecular weight is 225 g/mol. The third kappa shape index (κ3) is 4.86. The van der Waals surface area contributed by atoms with Crippen LogP contribution >= 0.6 is 0 Å². The summed E-state index contributed by atoms with van der Waals surface area (Å²) >= 11 is 0. The topological polar surface area (TPSA) is 12.0 Å². The molecule has 0 spiro atoms. The molecule has 3 unspecified atom stereocenters. The molecule has 0 heterocycles. The van der Waals surface area contributed by atoms with Crippen molar-refractivity contribution in [2.45, 2.75) is 59.8 Å². The molecule has 96 valence electrons. The number of nitrogens with one attached hydrogen (secondary N) is 1. The Kier molecular flexibility index (Phi) is 6.41. The van der Waals surface area contributed by atoms with Crippen molar-refractivity contribution in [3.63, 3.8) is 0 Å². The zero-order chi connectivity index (χ0) is 12.0. The van der Waals surface area contributed by atoms with Crippen LogP contribution in [0.25, 0.3) is 0 Å². The molecule has 1 aliphatic carbocycles. The first-order valence-corrected chi connectivity index (χ1v) is 7.34. The highest BCUT2D eigenvalue weighted by Gasteiger charge is 2.27. The Balaban J connectivity index is 2.21. The molecule has 1 fully saturated rings. The Morgan fingerprint density at radius 2 is 1.69 bits per heavy atom. The fraction of sp³-hybridized carbons (Fsp3) is 1.00. The normalized spacial score (nSPS) is 32.6. The maximum absolute atomic E-state index is 3.53. The molecule has 0 radical (unpaired) electrons. The first-order valence-electron chi connectivity index (χ1n) is 7.34. The molecule has 1 nitrogen and oxygen atoms in total. The van der Waals surface area contributed by atoms with Crippen molar-refractivity contribution in [3.05, 3.63) is 0 Å². The summed E-state index contributed by atoms with van der Waals surface area (Å²) in [4.78, 5) is 0. The molecule has 1 rings (SSSR count). The first-order chi connectivity index (χ1) is 7.63. The molecule has 0 aromatic rings. The van der Waals surface area contributed by atoms with Gasteiger partial charge >= 0.3 is 0 Å².